The zero-order valence-electron chi connectivity index (χ0n) is 29.0. The van der Waals surface area contributed by atoms with Crippen LogP contribution in [0.3, 0.4) is 0 Å². The summed E-state index contributed by atoms with van der Waals surface area (Å²) in [4.78, 5) is 41.0. The quantitative estimate of drug-likeness (QED) is 0.125. The molecule has 13 heteroatoms. The van der Waals surface area contributed by atoms with E-state index in [1.807, 2.05) is 42.7 Å². The van der Waals surface area contributed by atoms with E-state index in [1.165, 1.54) is 42.1 Å². The summed E-state index contributed by atoms with van der Waals surface area (Å²) in [6.45, 7) is 5.78. The van der Waals surface area contributed by atoms with Gasteiger partial charge in [-0.1, -0.05) is 70.4 Å². The third kappa shape index (κ3) is 9.30. The number of thioether (sulfide) groups is 1. The van der Waals surface area contributed by atoms with Crippen LogP contribution >= 0.6 is 11.8 Å². The van der Waals surface area contributed by atoms with Gasteiger partial charge in [0, 0.05) is 23.7 Å². The second-order valence-electron chi connectivity index (χ2n) is 12.7. The molecule has 3 aromatic carbocycles. The van der Waals surface area contributed by atoms with Gasteiger partial charge >= 0.3 is 5.97 Å². The molecule has 4 N–H and O–H groups in total. The molecule has 0 spiro atoms. The Morgan fingerprint density at radius 1 is 0.980 bits per heavy atom. The maximum atomic E-state index is 14.3. The highest BCUT2D eigenvalue weighted by atomic mass is 32.2. The zero-order valence-corrected chi connectivity index (χ0v) is 30.6. The van der Waals surface area contributed by atoms with Crippen LogP contribution < -0.4 is 20.3 Å². The summed E-state index contributed by atoms with van der Waals surface area (Å²) in [5.41, 5.74) is 1.28. The van der Waals surface area contributed by atoms with E-state index in [4.69, 9.17) is 4.74 Å². The van der Waals surface area contributed by atoms with Crippen molar-refractivity contribution < 1.29 is 37.8 Å². The maximum absolute atomic E-state index is 14.3. The number of para-hydroxylation sites is 1. The van der Waals surface area contributed by atoms with Crippen molar-refractivity contribution in [2.75, 3.05) is 30.1 Å². The number of carboxylic acids is 1. The molecule has 1 aliphatic heterocycles. The van der Waals surface area contributed by atoms with Crippen LogP contribution in [0.4, 0.5) is 11.4 Å². The van der Waals surface area contributed by atoms with Gasteiger partial charge < -0.3 is 30.5 Å². The van der Waals surface area contributed by atoms with Gasteiger partial charge in [-0.2, -0.15) is 0 Å². The largest absolute Gasteiger partial charge is 0.508 e. The van der Waals surface area contributed by atoms with Gasteiger partial charge in [0.2, 0.25) is 5.91 Å². The van der Waals surface area contributed by atoms with Gasteiger partial charge in [0.05, 0.1) is 21.2 Å². The van der Waals surface area contributed by atoms with Crippen molar-refractivity contribution in [1.82, 2.24) is 10.6 Å². The first-order valence-electron chi connectivity index (χ1n) is 16.9. The lowest BCUT2D eigenvalue weighted by Crippen LogP contribution is -2.47. The number of hydrogen-bond donors (Lipinski definition) is 4. The van der Waals surface area contributed by atoms with E-state index in [0.717, 1.165) is 37.8 Å². The molecular weight excluding hydrogens is 679 g/mol. The number of amides is 2. The smallest absolute Gasteiger partial charge is 0.326 e. The fraction of sp³-hybridized carbons (Fsp3) is 0.432. The molecule has 1 unspecified atom stereocenters. The molecule has 0 aromatic heterocycles. The van der Waals surface area contributed by atoms with E-state index in [-0.39, 0.29) is 28.6 Å². The Morgan fingerprint density at radius 3 is 2.28 bits per heavy atom. The van der Waals surface area contributed by atoms with Gasteiger partial charge in [-0.3, -0.25) is 9.59 Å². The number of hydrogen-bond acceptors (Lipinski definition) is 9. The SMILES string of the molecule is CCCCC1(CCC)CN(c2ccccc2)c2cc(SC)c(OCC(=O)N[C@@H](C(=O)N[C@@H](CC)C(=O)O)c3ccc(O)cc3)cc2S(=O)(=O)C1. The first-order valence-corrected chi connectivity index (χ1v) is 19.8. The number of carbonyl (C=O) groups is 3. The van der Waals surface area contributed by atoms with Crippen LogP contribution in [-0.2, 0) is 24.2 Å². The summed E-state index contributed by atoms with van der Waals surface area (Å²) in [6.07, 6.45) is 6.20. The lowest BCUT2D eigenvalue weighted by molar-refractivity contribution is -0.142. The number of sulfone groups is 1. The van der Waals surface area contributed by atoms with Gasteiger partial charge in [0.15, 0.2) is 16.4 Å². The predicted octanol–water partition coefficient (Wildman–Crippen LogP) is 6.23. The van der Waals surface area contributed by atoms with E-state index in [1.54, 1.807) is 6.92 Å². The average molecular weight is 726 g/mol. The highest BCUT2D eigenvalue weighted by Gasteiger charge is 2.42. The molecule has 2 amide bonds. The van der Waals surface area contributed by atoms with Crippen molar-refractivity contribution in [2.45, 2.75) is 81.2 Å². The van der Waals surface area contributed by atoms with Crippen molar-refractivity contribution in [2.24, 2.45) is 5.41 Å². The van der Waals surface area contributed by atoms with Crippen LogP contribution in [-0.4, -0.2) is 67.6 Å². The predicted molar refractivity (Wildman–Crippen MR) is 195 cm³/mol. The molecule has 270 valence electrons. The van der Waals surface area contributed by atoms with Crippen molar-refractivity contribution in [3.05, 3.63) is 72.3 Å². The second kappa shape index (κ2) is 17.1. The normalized spacial score (nSPS) is 17.9. The molecular formula is C37H47N3O8S2. The third-order valence-corrected chi connectivity index (χ3v) is 11.7. The van der Waals surface area contributed by atoms with E-state index in [0.29, 0.717) is 22.7 Å². The minimum absolute atomic E-state index is 0.0127. The van der Waals surface area contributed by atoms with Gasteiger partial charge in [-0.15, -0.1) is 11.8 Å². The molecule has 11 nitrogen and oxygen atoms in total. The number of phenolic OH excluding ortho intramolecular Hbond substituents is 1. The van der Waals surface area contributed by atoms with Gasteiger partial charge in [0.1, 0.15) is 23.6 Å². The number of carboxylic acid groups (broad SMARTS) is 1. The molecule has 3 atom stereocenters. The molecule has 0 radical (unpaired) electrons. The number of carbonyl (C=O) groups excluding carboxylic acids is 2. The van der Waals surface area contributed by atoms with Crippen molar-refractivity contribution >= 4 is 50.8 Å². The van der Waals surface area contributed by atoms with Crippen molar-refractivity contribution in [3.8, 4) is 11.5 Å². The summed E-state index contributed by atoms with van der Waals surface area (Å²) < 4.78 is 34.6. The minimum Gasteiger partial charge on any atom is -0.508 e. The molecule has 0 saturated heterocycles. The van der Waals surface area contributed by atoms with Crippen LogP contribution in [0.2, 0.25) is 0 Å². The number of aromatic hydroxyl groups is 1. The Bertz CT molecular complexity index is 1750. The standard InChI is InChI=1S/C37H47N3O8S2/c1-5-8-19-37(18-6-2)23-40(26-12-10-9-11-13-26)29-20-31(49-4)30(21-32(29)50(46,47)24-37)48-22-33(42)39-34(25-14-16-27(41)17-15-25)35(43)38-28(7-3)36(44)45/h9-17,20-21,28,34,41H,5-8,18-19,22-24H2,1-4H3,(H,38,43)(H,39,42)(H,44,45)/t28-,34+,37?/m0/s1. The first-order chi connectivity index (χ1) is 23.9. The van der Waals surface area contributed by atoms with E-state index >= 15 is 0 Å². The first kappa shape index (κ1) is 38.6. The Kier molecular flexibility index (Phi) is 13.2. The van der Waals surface area contributed by atoms with Crippen molar-refractivity contribution in [1.29, 1.82) is 0 Å². The summed E-state index contributed by atoms with van der Waals surface area (Å²) >= 11 is 1.36. The molecule has 50 heavy (non-hydrogen) atoms. The molecule has 0 fully saturated rings. The Hall–Kier alpha value is -4.23. The Balaban J connectivity index is 1.68. The summed E-state index contributed by atoms with van der Waals surface area (Å²) in [5, 5.41) is 24.3. The van der Waals surface area contributed by atoms with Gasteiger partial charge in [0.25, 0.3) is 5.91 Å². The minimum atomic E-state index is -3.81. The highest BCUT2D eigenvalue weighted by molar-refractivity contribution is 7.98. The number of fused-ring (bicyclic) bond motifs is 1. The van der Waals surface area contributed by atoms with Crippen LogP contribution in [0, 0.1) is 5.41 Å². The molecule has 1 heterocycles. The fourth-order valence-corrected chi connectivity index (χ4v) is 9.13. The maximum Gasteiger partial charge on any atom is 0.326 e. The van der Waals surface area contributed by atoms with Gasteiger partial charge in [-0.05, 0) is 61.4 Å². The number of rotatable bonds is 16. The number of nitrogens with one attached hydrogen (secondary N) is 2. The third-order valence-electron chi connectivity index (χ3n) is 8.95. The number of phenols is 1. The summed E-state index contributed by atoms with van der Waals surface area (Å²) in [7, 11) is -3.81. The Labute approximate surface area is 298 Å². The monoisotopic (exact) mass is 725 g/mol. The number of benzene rings is 3. The molecule has 0 bridgehead atoms. The van der Waals surface area contributed by atoms with E-state index in [9.17, 15) is 33.0 Å². The fourth-order valence-electron chi connectivity index (χ4n) is 6.46. The van der Waals surface area contributed by atoms with E-state index < -0.39 is 51.7 Å². The van der Waals surface area contributed by atoms with Crippen LogP contribution in [0.15, 0.2) is 76.5 Å². The lowest BCUT2D eigenvalue weighted by Gasteiger charge is -2.37. The van der Waals surface area contributed by atoms with Crippen LogP contribution in [0.25, 0.3) is 0 Å². The molecule has 4 rings (SSSR count). The number of nitrogens with zero attached hydrogens (tertiary/aromatic N) is 1. The van der Waals surface area contributed by atoms with E-state index in [2.05, 4.69) is 29.4 Å². The topological polar surface area (TPSA) is 162 Å². The van der Waals surface area contributed by atoms with Crippen LogP contribution in [0.5, 0.6) is 11.5 Å². The number of anilines is 2. The zero-order chi connectivity index (χ0) is 36.5. The summed E-state index contributed by atoms with van der Waals surface area (Å²) in [5.74, 6) is -2.52. The molecule has 0 aliphatic carbocycles. The summed E-state index contributed by atoms with van der Waals surface area (Å²) in [6, 6.07) is 16.2. The molecule has 1 aliphatic rings. The van der Waals surface area contributed by atoms with Gasteiger partial charge in [-0.25, -0.2) is 13.2 Å². The van der Waals surface area contributed by atoms with Crippen molar-refractivity contribution in [3.63, 3.8) is 0 Å². The number of ether oxygens (including phenoxy) is 1. The van der Waals surface area contributed by atoms with Crippen LogP contribution in [0.1, 0.15) is 70.9 Å². The Morgan fingerprint density at radius 2 is 1.68 bits per heavy atom. The number of aliphatic carboxylic acids is 1. The highest BCUT2D eigenvalue weighted by Crippen LogP contribution is 2.47. The molecule has 3 aromatic rings. The lowest BCUT2D eigenvalue weighted by atomic mass is 9.79. The average Bonchev–Trinajstić information content (AvgIpc) is 3.19. The number of unbranched alkanes of at least 4 members (excludes halogenated alkanes) is 1. The molecule has 0 saturated carbocycles. The second-order valence-corrected chi connectivity index (χ2v) is 15.5.